The molecule has 1 rings (SSSR count). The SMILES string of the molecule is CCOCC(C)NC(c1ccccc1)C(C)(C)C. The molecule has 18 heavy (non-hydrogen) atoms. The second-order valence-corrected chi connectivity index (χ2v) is 5.94. The van der Waals surface area contributed by atoms with Crippen LogP contribution in [0.1, 0.15) is 46.2 Å². The Morgan fingerprint density at radius 3 is 2.28 bits per heavy atom. The minimum absolute atomic E-state index is 0.182. The van der Waals surface area contributed by atoms with E-state index in [1.165, 1.54) is 5.56 Å². The molecule has 0 saturated heterocycles. The molecule has 2 unspecified atom stereocenters. The lowest BCUT2D eigenvalue weighted by molar-refractivity contribution is 0.114. The van der Waals surface area contributed by atoms with Gasteiger partial charge < -0.3 is 10.1 Å². The third-order valence-corrected chi connectivity index (χ3v) is 3.02. The molecular weight excluding hydrogens is 222 g/mol. The summed E-state index contributed by atoms with van der Waals surface area (Å²) in [6, 6.07) is 11.3. The summed E-state index contributed by atoms with van der Waals surface area (Å²) in [4.78, 5) is 0. The summed E-state index contributed by atoms with van der Waals surface area (Å²) in [5.41, 5.74) is 1.52. The molecule has 1 aromatic carbocycles. The summed E-state index contributed by atoms with van der Waals surface area (Å²) < 4.78 is 5.48. The average molecular weight is 249 g/mol. The molecule has 0 heterocycles. The molecule has 0 aromatic heterocycles. The zero-order valence-corrected chi connectivity index (χ0v) is 12.4. The first-order valence-electron chi connectivity index (χ1n) is 6.84. The summed E-state index contributed by atoms with van der Waals surface area (Å²) in [5, 5.41) is 3.68. The number of nitrogens with one attached hydrogen (secondary N) is 1. The first-order valence-corrected chi connectivity index (χ1v) is 6.84. The molecule has 2 heteroatoms. The van der Waals surface area contributed by atoms with Crippen molar-refractivity contribution in [3.63, 3.8) is 0 Å². The lowest BCUT2D eigenvalue weighted by Gasteiger charge is -2.34. The molecule has 0 aliphatic rings. The summed E-state index contributed by atoms with van der Waals surface area (Å²) in [5.74, 6) is 0. The van der Waals surface area contributed by atoms with Gasteiger partial charge in [0.25, 0.3) is 0 Å². The third-order valence-electron chi connectivity index (χ3n) is 3.02. The van der Waals surface area contributed by atoms with Crippen LogP contribution in [0.15, 0.2) is 30.3 Å². The predicted molar refractivity (Wildman–Crippen MR) is 77.7 cm³/mol. The van der Waals surface area contributed by atoms with Crippen LogP contribution in [0.5, 0.6) is 0 Å². The maximum Gasteiger partial charge on any atom is 0.0616 e. The highest BCUT2D eigenvalue weighted by atomic mass is 16.5. The first-order chi connectivity index (χ1) is 8.45. The Morgan fingerprint density at radius 2 is 1.78 bits per heavy atom. The van der Waals surface area contributed by atoms with Gasteiger partial charge in [0.2, 0.25) is 0 Å². The average Bonchev–Trinajstić information content (AvgIpc) is 2.33. The van der Waals surface area contributed by atoms with Crippen LogP contribution in [-0.4, -0.2) is 19.3 Å². The summed E-state index contributed by atoms with van der Waals surface area (Å²) >= 11 is 0. The van der Waals surface area contributed by atoms with Crippen molar-refractivity contribution in [3.8, 4) is 0 Å². The quantitative estimate of drug-likeness (QED) is 0.828. The molecule has 0 bridgehead atoms. The highest BCUT2D eigenvalue weighted by Gasteiger charge is 2.27. The fourth-order valence-corrected chi connectivity index (χ4v) is 2.12. The van der Waals surface area contributed by atoms with E-state index in [4.69, 9.17) is 4.74 Å². The molecule has 0 spiro atoms. The largest absolute Gasteiger partial charge is 0.380 e. The van der Waals surface area contributed by atoms with Crippen LogP contribution in [0, 0.1) is 5.41 Å². The lowest BCUT2D eigenvalue weighted by atomic mass is 9.82. The summed E-state index contributed by atoms with van der Waals surface area (Å²) in [6.07, 6.45) is 0. The van der Waals surface area contributed by atoms with Crippen LogP contribution in [0.2, 0.25) is 0 Å². The van der Waals surface area contributed by atoms with Gasteiger partial charge in [0.15, 0.2) is 0 Å². The Bertz CT molecular complexity index is 329. The molecule has 2 nitrogen and oxygen atoms in total. The topological polar surface area (TPSA) is 21.3 Å². The Kier molecular flexibility index (Phi) is 5.83. The van der Waals surface area contributed by atoms with Crippen molar-refractivity contribution in [2.75, 3.05) is 13.2 Å². The van der Waals surface area contributed by atoms with Gasteiger partial charge in [-0.2, -0.15) is 0 Å². The van der Waals surface area contributed by atoms with Crippen LogP contribution in [0.3, 0.4) is 0 Å². The molecule has 2 atom stereocenters. The highest BCUT2D eigenvalue weighted by Crippen LogP contribution is 2.32. The molecule has 0 aliphatic heterocycles. The number of ether oxygens (including phenoxy) is 1. The first kappa shape index (κ1) is 15.2. The van der Waals surface area contributed by atoms with E-state index in [2.05, 4.69) is 63.3 Å². The molecule has 0 fully saturated rings. The van der Waals surface area contributed by atoms with E-state index in [9.17, 15) is 0 Å². The molecule has 0 aliphatic carbocycles. The Hall–Kier alpha value is -0.860. The molecule has 1 N–H and O–H groups in total. The van der Waals surface area contributed by atoms with Crippen LogP contribution < -0.4 is 5.32 Å². The van der Waals surface area contributed by atoms with Gasteiger partial charge in [0.1, 0.15) is 0 Å². The van der Waals surface area contributed by atoms with Gasteiger partial charge in [-0.3, -0.25) is 0 Å². The zero-order valence-electron chi connectivity index (χ0n) is 12.4. The highest BCUT2D eigenvalue weighted by molar-refractivity contribution is 5.20. The molecule has 1 aromatic rings. The van der Waals surface area contributed by atoms with E-state index >= 15 is 0 Å². The van der Waals surface area contributed by atoms with E-state index in [0.29, 0.717) is 12.1 Å². The van der Waals surface area contributed by atoms with Crippen LogP contribution in [0.25, 0.3) is 0 Å². The van der Waals surface area contributed by atoms with Crippen molar-refractivity contribution >= 4 is 0 Å². The smallest absolute Gasteiger partial charge is 0.0616 e. The standard InChI is InChI=1S/C16H27NO/c1-6-18-12-13(2)17-15(16(3,4)5)14-10-8-7-9-11-14/h7-11,13,15,17H,6,12H2,1-5H3. The normalized spacial score (nSPS) is 15.4. The second-order valence-electron chi connectivity index (χ2n) is 5.94. The van der Waals surface area contributed by atoms with Crippen molar-refractivity contribution in [1.82, 2.24) is 5.32 Å². The van der Waals surface area contributed by atoms with Gasteiger partial charge in [0, 0.05) is 18.7 Å². The van der Waals surface area contributed by atoms with E-state index < -0.39 is 0 Å². The van der Waals surface area contributed by atoms with Crippen molar-refractivity contribution in [2.45, 2.75) is 46.7 Å². The van der Waals surface area contributed by atoms with Gasteiger partial charge in [-0.15, -0.1) is 0 Å². The predicted octanol–water partition coefficient (Wildman–Crippen LogP) is 3.79. The van der Waals surface area contributed by atoms with Crippen molar-refractivity contribution in [2.24, 2.45) is 5.41 Å². The van der Waals surface area contributed by atoms with Gasteiger partial charge >= 0.3 is 0 Å². The van der Waals surface area contributed by atoms with Crippen LogP contribution in [-0.2, 0) is 4.74 Å². The van der Waals surface area contributed by atoms with Gasteiger partial charge in [-0.25, -0.2) is 0 Å². The lowest BCUT2D eigenvalue weighted by Crippen LogP contribution is -2.40. The minimum atomic E-state index is 0.182. The monoisotopic (exact) mass is 249 g/mol. The van der Waals surface area contributed by atoms with Crippen molar-refractivity contribution in [3.05, 3.63) is 35.9 Å². The Balaban J connectivity index is 2.75. The maximum atomic E-state index is 5.48. The fraction of sp³-hybridized carbons (Fsp3) is 0.625. The number of hydrogen-bond acceptors (Lipinski definition) is 2. The third kappa shape index (κ3) is 4.79. The Labute approximate surface area is 112 Å². The van der Waals surface area contributed by atoms with E-state index in [1.807, 2.05) is 6.92 Å². The number of hydrogen-bond donors (Lipinski definition) is 1. The molecule has 102 valence electrons. The summed E-state index contributed by atoms with van der Waals surface area (Å²) in [6.45, 7) is 12.6. The van der Waals surface area contributed by atoms with Gasteiger partial charge in [-0.1, -0.05) is 51.1 Å². The fourth-order valence-electron chi connectivity index (χ4n) is 2.12. The number of benzene rings is 1. The molecule has 0 radical (unpaired) electrons. The molecular formula is C16H27NO. The molecule has 0 saturated carbocycles. The van der Waals surface area contributed by atoms with Gasteiger partial charge in [0.05, 0.1) is 6.61 Å². The van der Waals surface area contributed by atoms with Crippen LogP contribution >= 0.6 is 0 Å². The van der Waals surface area contributed by atoms with Crippen molar-refractivity contribution in [1.29, 1.82) is 0 Å². The Morgan fingerprint density at radius 1 is 1.17 bits per heavy atom. The summed E-state index contributed by atoms with van der Waals surface area (Å²) in [7, 11) is 0. The zero-order chi connectivity index (χ0) is 13.6. The van der Waals surface area contributed by atoms with E-state index in [1.54, 1.807) is 0 Å². The minimum Gasteiger partial charge on any atom is -0.380 e. The second kappa shape index (κ2) is 6.91. The number of rotatable bonds is 6. The van der Waals surface area contributed by atoms with Crippen molar-refractivity contribution < 1.29 is 4.74 Å². The van der Waals surface area contributed by atoms with Crippen LogP contribution in [0.4, 0.5) is 0 Å². The maximum absolute atomic E-state index is 5.48. The van der Waals surface area contributed by atoms with E-state index in [-0.39, 0.29) is 5.41 Å². The van der Waals surface area contributed by atoms with Gasteiger partial charge in [-0.05, 0) is 24.8 Å². The van der Waals surface area contributed by atoms with E-state index in [0.717, 1.165) is 13.2 Å². The molecule has 0 amide bonds.